The minimum atomic E-state index is -0.208. The Kier molecular flexibility index (Phi) is 5.14. The highest BCUT2D eigenvalue weighted by Crippen LogP contribution is 2.23. The summed E-state index contributed by atoms with van der Waals surface area (Å²) in [6.07, 6.45) is 0.952. The fraction of sp³-hybridized carbons (Fsp3) is 0.412. The van der Waals surface area contributed by atoms with E-state index in [2.05, 4.69) is 19.1 Å². The molecule has 4 nitrogen and oxygen atoms in total. The summed E-state index contributed by atoms with van der Waals surface area (Å²) in [5, 5.41) is 1.12. The third-order valence-electron chi connectivity index (χ3n) is 3.31. The number of hydrogen-bond donors (Lipinski definition) is 0. The summed E-state index contributed by atoms with van der Waals surface area (Å²) < 4.78 is 5.06. The van der Waals surface area contributed by atoms with Crippen molar-refractivity contribution in [1.82, 2.24) is 4.98 Å². The van der Waals surface area contributed by atoms with E-state index in [1.807, 2.05) is 36.9 Å². The third kappa shape index (κ3) is 3.72. The van der Waals surface area contributed by atoms with Gasteiger partial charge in [0.15, 0.2) is 0 Å². The number of aromatic nitrogens is 1. The maximum atomic E-state index is 11.8. The van der Waals surface area contributed by atoms with Crippen molar-refractivity contribution in [2.75, 3.05) is 24.6 Å². The summed E-state index contributed by atoms with van der Waals surface area (Å²) in [5.41, 5.74) is 2.02. The molecule has 0 saturated heterocycles. The van der Waals surface area contributed by atoms with E-state index in [4.69, 9.17) is 9.72 Å². The first-order chi connectivity index (χ1) is 10.2. The SMILES string of the molecule is CCCN(CC(=O)OCC)c1nc2ccccc2cc1C. The number of carbonyl (C=O) groups is 1. The molecule has 1 aromatic heterocycles. The van der Waals surface area contributed by atoms with Crippen LogP contribution in [0, 0.1) is 6.92 Å². The Morgan fingerprint density at radius 3 is 2.76 bits per heavy atom. The number of hydrogen-bond acceptors (Lipinski definition) is 4. The average Bonchev–Trinajstić information content (AvgIpc) is 2.46. The fourth-order valence-corrected chi connectivity index (χ4v) is 2.42. The zero-order valence-corrected chi connectivity index (χ0v) is 12.9. The normalized spacial score (nSPS) is 10.6. The lowest BCUT2D eigenvalue weighted by Crippen LogP contribution is -2.33. The van der Waals surface area contributed by atoms with Crippen molar-refractivity contribution in [3.05, 3.63) is 35.9 Å². The van der Waals surface area contributed by atoms with Crippen LogP contribution in [0.5, 0.6) is 0 Å². The van der Waals surface area contributed by atoms with Gasteiger partial charge in [-0.2, -0.15) is 0 Å². The van der Waals surface area contributed by atoms with E-state index < -0.39 is 0 Å². The van der Waals surface area contributed by atoms with Gasteiger partial charge in [0, 0.05) is 11.9 Å². The highest BCUT2D eigenvalue weighted by Gasteiger charge is 2.15. The molecule has 21 heavy (non-hydrogen) atoms. The number of ether oxygens (including phenoxy) is 1. The molecule has 0 saturated carbocycles. The predicted molar refractivity (Wildman–Crippen MR) is 85.6 cm³/mol. The Bertz CT molecular complexity index is 625. The molecule has 0 aliphatic heterocycles. The Labute approximate surface area is 125 Å². The molecule has 0 spiro atoms. The van der Waals surface area contributed by atoms with Crippen LogP contribution in [0.3, 0.4) is 0 Å². The van der Waals surface area contributed by atoms with Gasteiger partial charge in [0.05, 0.1) is 12.1 Å². The molecule has 0 bridgehead atoms. The van der Waals surface area contributed by atoms with Gasteiger partial charge < -0.3 is 9.64 Å². The monoisotopic (exact) mass is 286 g/mol. The molecule has 0 aliphatic rings. The molecule has 1 heterocycles. The minimum absolute atomic E-state index is 0.208. The van der Waals surface area contributed by atoms with Crippen molar-refractivity contribution in [3.63, 3.8) is 0 Å². The van der Waals surface area contributed by atoms with Crippen molar-refractivity contribution in [1.29, 1.82) is 0 Å². The predicted octanol–water partition coefficient (Wildman–Crippen LogP) is 3.32. The fourth-order valence-electron chi connectivity index (χ4n) is 2.42. The molecular weight excluding hydrogens is 264 g/mol. The number of benzene rings is 1. The summed E-state index contributed by atoms with van der Waals surface area (Å²) in [5.74, 6) is 0.656. The second-order valence-corrected chi connectivity index (χ2v) is 5.05. The summed E-state index contributed by atoms with van der Waals surface area (Å²) in [7, 11) is 0. The van der Waals surface area contributed by atoms with Crippen molar-refractivity contribution >= 4 is 22.7 Å². The number of esters is 1. The topological polar surface area (TPSA) is 42.4 Å². The van der Waals surface area contributed by atoms with E-state index in [0.717, 1.165) is 35.2 Å². The van der Waals surface area contributed by atoms with Crippen molar-refractivity contribution in [3.8, 4) is 0 Å². The summed E-state index contributed by atoms with van der Waals surface area (Å²) >= 11 is 0. The zero-order valence-electron chi connectivity index (χ0n) is 12.9. The van der Waals surface area contributed by atoms with Crippen LogP contribution < -0.4 is 4.90 Å². The van der Waals surface area contributed by atoms with Gasteiger partial charge in [-0.1, -0.05) is 25.1 Å². The van der Waals surface area contributed by atoms with Gasteiger partial charge in [-0.3, -0.25) is 4.79 Å². The number of rotatable bonds is 6. The lowest BCUT2D eigenvalue weighted by Gasteiger charge is -2.24. The van der Waals surface area contributed by atoms with Crippen molar-refractivity contribution < 1.29 is 9.53 Å². The quantitative estimate of drug-likeness (QED) is 0.764. The largest absolute Gasteiger partial charge is 0.465 e. The van der Waals surface area contributed by atoms with Crippen molar-refractivity contribution in [2.24, 2.45) is 0 Å². The van der Waals surface area contributed by atoms with Crippen molar-refractivity contribution in [2.45, 2.75) is 27.2 Å². The molecule has 4 heteroatoms. The lowest BCUT2D eigenvalue weighted by molar-refractivity contribution is -0.141. The van der Waals surface area contributed by atoms with Crippen LogP contribution in [0.4, 0.5) is 5.82 Å². The van der Waals surface area contributed by atoms with E-state index in [0.29, 0.717) is 6.61 Å². The number of aryl methyl sites for hydroxylation is 1. The Morgan fingerprint density at radius 2 is 2.05 bits per heavy atom. The van der Waals surface area contributed by atoms with Gasteiger partial charge in [0.1, 0.15) is 12.4 Å². The Morgan fingerprint density at radius 1 is 1.29 bits per heavy atom. The van der Waals surface area contributed by atoms with Gasteiger partial charge in [-0.25, -0.2) is 4.98 Å². The smallest absolute Gasteiger partial charge is 0.325 e. The summed E-state index contributed by atoms with van der Waals surface area (Å²) in [4.78, 5) is 18.5. The van der Waals surface area contributed by atoms with Crippen LogP contribution in [0.25, 0.3) is 10.9 Å². The molecule has 0 atom stereocenters. The lowest BCUT2D eigenvalue weighted by atomic mass is 10.1. The molecule has 0 amide bonds. The molecule has 0 fully saturated rings. The molecule has 112 valence electrons. The number of carbonyl (C=O) groups excluding carboxylic acids is 1. The van der Waals surface area contributed by atoms with E-state index in [1.165, 1.54) is 0 Å². The van der Waals surface area contributed by atoms with E-state index in [9.17, 15) is 4.79 Å². The Hall–Kier alpha value is -2.10. The second-order valence-electron chi connectivity index (χ2n) is 5.05. The minimum Gasteiger partial charge on any atom is -0.465 e. The summed E-state index contributed by atoms with van der Waals surface area (Å²) in [6, 6.07) is 10.1. The van der Waals surface area contributed by atoms with Gasteiger partial charge >= 0.3 is 5.97 Å². The van der Waals surface area contributed by atoms with Crippen LogP contribution in [0.2, 0.25) is 0 Å². The van der Waals surface area contributed by atoms with Crippen LogP contribution in [0.1, 0.15) is 25.8 Å². The molecule has 2 aromatic rings. The maximum Gasteiger partial charge on any atom is 0.325 e. The van der Waals surface area contributed by atoms with Crippen LogP contribution in [-0.4, -0.2) is 30.6 Å². The maximum absolute atomic E-state index is 11.8. The van der Waals surface area contributed by atoms with Crippen LogP contribution >= 0.6 is 0 Å². The first-order valence-electron chi connectivity index (χ1n) is 7.42. The molecule has 1 aromatic carbocycles. The van der Waals surface area contributed by atoms with Gasteiger partial charge in [0.2, 0.25) is 0 Å². The molecule has 0 radical (unpaired) electrons. The molecular formula is C17H22N2O2. The molecule has 2 rings (SSSR count). The Balaban J connectivity index is 2.34. The average molecular weight is 286 g/mol. The van der Waals surface area contributed by atoms with Gasteiger partial charge in [-0.05, 0) is 38.0 Å². The number of pyridine rings is 1. The molecule has 0 unspecified atom stereocenters. The first kappa shape index (κ1) is 15.3. The number of para-hydroxylation sites is 1. The standard InChI is InChI=1S/C17H22N2O2/c1-4-10-19(12-16(20)21-5-2)17-13(3)11-14-8-6-7-9-15(14)18-17/h6-9,11H,4-5,10,12H2,1-3H3. The number of fused-ring (bicyclic) bond motifs is 1. The number of nitrogens with zero attached hydrogens (tertiary/aromatic N) is 2. The van der Waals surface area contributed by atoms with Crippen LogP contribution in [-0.2, 0) is 9.53 Å². The van der Waals surface area contributed by atoms with Gasteiger partial charge in [0.25, 0.3) is 0 Å². The van der Waals surface area contributed by atoms with Crippen LogP contribution in [0.15, 0.2) is 30.3 Å². The molecule has 0 aliphatic carbocycles. The second kappa shape index (κ2) is 7.07. The number of anilines is 1. The first-order valence-corrected chi connectivity index (χ1v) is 7.42. The molecule has 0 N–H and O–H groups in total. The summed E-state index contributed by atoms with van der Waals surface area (Å²) in [6.45, 7) is 7.38. The van der Waals surface area contributed by atoms with E-state index in [-0.39, 0.29) is 12.5 Å². The highest BCUT2D eigenvalue weighted by atomic mass is 16.5. The van der Waals surface area contributed by atoms with Gasteiger partial charge in [-0.15, -0.1) is 0 Å². The zero-order chi connectivity index (χ0) is 15.2. The van der Waals surface area contributed by atoms with E-state index >= 15 is 0 Å². The van der Waals surface area contributed by atoms with E-state index in [1.54, 1.807) is 0 Å². The highest BCUT2D eigenvalue weighted by molar-refractivity contribution is 5.83. The third-order valence-corrected chi connectivity index (χ3v) is 3.31.